The highest BCUT2D eigenvalue weighted by Crippen LogP contribution is 2.14. The van der Waals surface area contributed by atoms with E-state index >= 15 is 0 Å². The van der Waals surface area contributed by atoms with E-state index in [4.69, 9.17) is 9.88 Å². The van der Waals surface area contributed by atoms with Gasteiger partial charge in [0.25, 0.3) is 0 Å². The second-order valence-electron chi connectivity index (χ2n) is 4.52. The van der Waals surface area contributed by atoms with Gasteiger partial charge in [0.15, 0.2) is 0 Å². The highest BCUT2D eigenvalue weighted by atomic mass is 32.2. The van der Waals surface area contributed by atoms with E-state index in [-0.39, 0.29) is 23.3 Å². The molecule has 1 amide bonds. The highest BCUT2D eigenvalue weighted by Gasteiger charge is 2.17. The molecule has 0 bridgehead atoms. The van der Waals surface area contributed by atoms with Gasteiger partial charge >= 0.3 is 0 Å². The molecule has 1 aliphatic rings. The predicted octanol–water partition coefficient (Wildman–Crippen LogP) is -0.349. The van der Waals surface area contributed by atoms with E-state index < -0.39 is 10.0 Å². The largest absolute Gasteiger partial charge is 0.375 e. The van der Waals surface area contributed by atoms with E-state index in [0.29, 0.717) is 18.8 Å². The monoisotopic (exact) mass is 299 g/mol. The summed E-state index contributed by atoms with van der Waals surface area (Å²) >= 11 is 0. The normalized spacial score (nSPS) is 19.6. The molecular formula is C12H17N3O4S. The minimum absolute atomic E-state index is 0.0362. The van der Waals surface area contributed by atoms with Crippen molar-refractivity contribution in [1.82, 2.24) is 5.32 Å². The zero-order chi connectivity index (χ0) is 14.6. The lowest BCUT2D eigenvalue weighted by atomic mass is 10.2. The van der Waals surface area contributed by atoms with E-state index in [1.54, 1.807) is 6.07 Å². The summed E-state index contributed by atoms with van der Waals surface area (Å²) in [4.78, 5) is 11.8. The summed E-state index contributed by atoms with van der Waals surface area (Å²) < 4.78 is 27.9. The molecule has 8 heteroatoms. The number of sulfonamides is 1. The number of nitrogens with one attached hydrogen (secondary N) is 2. The van der Waals surface area contributed by atoms with Crippen LogP contribution in [0.15, 0.2) is 29.2 Å². The van der Waals surface area contributed by atoms with Crippen LogP contribution < -0.4 is 15.8 Å². The van der Waals surface area contributed by atoms with E-state index in [1.807, 2.05) is 0 Å². The fourth-order valence-corrected chi connectivity index (χ4v) is 2.48. The van der Waals surface area contributed by atoms with E-state index in [2.05, 4.69) is 10.6 Å². The van der Waals surface area contributed by atoms with Gasteiger partial charge in [-0.25, -0.2) is 13.6 Å². The first-order valence-electron chi connectivity index (χ1n) is 6.20. The Morgan fingerprint density at radius 1 is 1.50 bits per heavy atom. The number of benzene rings is 1. The lowest BCUT2D eigenvalue weighted by molar-refractivity contribution is -0.119. The summed E-state index contributed by atoms with van der Waals surface area (Å²) in [6.07, 6.45) is 0.0530. The van der Waals surface area contributed by atoms with Crippen LogP contribution in [-0.4, -0.2) is 40.1 Å². The quantitative estimate of drug-likeness (QED) is 0.704. The molecule has 20 heavy (non-hydrogen) atoms. The molecule has 1 saturated heterocycles. The maximum Gasteiger partial charge on any atom is 0.238 e. The molecule has 110 valence electrons. The third-order valence-electron chi connectivity index (χ3n) is 2.86. The lowest BCUT2D eigenvalue weighted by Crippen LogP contribution is -2.40. The third-order valence-corrected chi connectivity index (χ3v) is 3.77. The number of nitrogens with two attached hydrogens (primary N) is 1. The van der Waals surface area contributed by atoms with Crippen molar-refractivity contribution in [3.8, 4) is 0 Å². The lowest BCUT2D eigenvalue weighted by Gasteiger charge is -2.23. The van der Waals surface area contributed by atoms with Crippen molar-refractivity contribution in [3.05, 3.63) is 24.3 Å². The number of hydrogen-bond acceptors (Lipinski definition) is 5. The number of anilines is 1. The van der Waals surface area contributed by atoms with Gasteiger partial charge in [-0.05, 0) is 18.2 Å². The molecular weight excluding hydrogens is 282 g/mol. The molecule has 1 aromatic rings. The van der Waals surface area contributed by atoms with E-state index in [9.17, 15) is 13.2 Å². The van der Waals surface area contributed by atoms with Crippen LogP contribution in [0.5, 0.6) is 0 Å². The van der Waals surface area contributed by atoms with Crippen molar-refractivity contribution in [2.24, 2.45) is 5.14 Å². The van der Waals surface area contributed by atoms with Crippen LogP contribution in [0.25, 0.3) is 0 Å². The minimum Gasteiger partial charge on any atom is -0.375 e. The molecule has 1 atom stereocenters. The average molecular weight is 299 g/mol. The van der Waals surface area contributed by atoms with Crippen molar-refractivity contribution in [1.29, 1.82) is 0 Å². The van der Waals surface area contributed by atoms with Crippen LogP contribution in [0.2, 0.25) is 0 Å². The summed E-state index contributed by atoms with van der Waals surface area (Å²) in [7, 11) is -3.77. The molecule has 7 nitrogen and oxygen atoms in total. The standard InChI is InChI=1S/C12H17N3O4S/c13-20(17,18)11-3-1-2-9(6-11)15-12(16)7-10-8-14-4-5-19-10/h1-3,6,10,14H,4-5,7-8H2,(H,15,16)(H2,13,17,18). The zero-order valence-electron chi connectivity index (χ0n) is 10.8. The fourth-order valence-electron chi connectivity index (χ4n) is 1.92. The predicted molar refractivity (Wildman–Crippen MR) is 73.7 cm³/mol. The van der Waals surface area contributed by atoms with Crippen LogP contribution in [-0.2, 0) is 19.6 Å². The van der Waals surface area contributed by atoms with Crippen LogP contribution in [0.4, 0.5) is 5.69 Å². The average Bonchev–Trinajstić information content (AvgIpc) is 2.39. The highest BCUT2D eigenvalue weighted by molar-refractivity contribution is 7.89. The van der Waals surface area contributed by atoms with Gasteiger partial charge in [0, 0.05) is 18.8 Å². The summed E-state index contributed by atoms with van der Waals surface area (Å²) in [5.74, 6) is -0.231. The Morgan fingerprint density at radius 2 is 2.30 bits per heavy atom. The molecule has 0 aromatic heterocycles. The van der Waals surface area contributed by atoms with Crippen LogP contribution in [0.3, 0.4) is 0 Å². The molecule has 0 aliphatic carbocycles. The maximum atomic E-state index is 11.8. The van der Waals surface area contributed by atoms with Crippen molar-refractivity contribution in [2.45, 2.75) is 17.4 Å². The molecule has 1 fully saturated rings. The zero-order valence-corrected chi connectivity index (χ0v) is 11.7. The van der Waals surface area contributed by atoms with Gasteiger partial charge < -0.3 is 15.4 Å². The van der Waals surface area contributed by atoms with E-state index in [0.717, 1.165) is 6.54 Å². The van der Waals surface area contributed by atoms with Crippen LogP contribution in [0, 0.1) is 0 Å². The molecule has 1 unspecified atom stereocenters. The minimum atomic E-state index is -3.77. The van der Waals surface area contributed by atoms with Gasteiger partial charge in [-0.1, -0.05) is 6.07 Å². The number of carbonyl (C=O) groups is 1. The van der Waals surface area contributed by atoms with Gasteiger partial charge in [-0.3, -0.25) is 4.79 Å². The summed E-state index contributed by atoms with van der Waals surface area (Å²) in [6.45, 7) is 2.00. The van der Waals surface area contributed by atoms with E-state index in [1.165, 1.54) is 18.2 Å². The maximum absolute atomic E-state index is 11.8. The van der Waals surface area contributed by atoms with Gasteiger partial charge in [0.2, 0.25) is 15.9 Å². The van der Waals surface area contributed by atoms with Crippen molar-refractivity contribution < 1.29 is 17.9 Å². The van der Waals surface area contributed by atoms with Crippen molar-refractivity contribution in [3.63, 3.8) is 0 Å². The molecule has 4 N–H and O–H groups in total. The van der Waals surface area contributed by atoms with Crippen molar-refractivity contribution >= 4 is 21.6 Å². The Hall–Kier alpha value is -1.48. The molecule has 2 rings (SSSR count). The summed E-state index contributed by atoms with van der Waals surface area (Å²) in [6, 6.07) is 5.83. The third kappa shape index (κ3) is 4.27. The van der Waals surface area contributed by atoms with Gasteiger partial charge in [0.05, 0.1) is 24.0 Å². The number of ether oxygens (including phenoxy) is 1. The molecule has 1 heterocycles. The molecule has 1 aromatic carbocycles. The number of amides is 1. The van der Waals surface area contributed by atoms with Gasteiger partial charge in [0.1, 0.15) is 0 Å². The summed E-state index contributed by atoms with van der Waals surface area (Å²) in [5, 5.41) is 10.8. The SMILES string of the molecule is NS(=O)(=O)c1cccc(NC(=O)CC2CNCCO2)c1. The van der Waals surface area contributed by atoms with Crippen LogP contribution in [0.1, 0.15) is 6.42 Å². The Morgan fingerprint density at radius 3 is 2.95 bits per heavy atom. The second kappa shape index (κ2) is 6.31. The Labute approximate surface area is 117 Å². The second-order valence-corrected chi connectivity index (χ2v) is 6.08. The Bertz CT molecular complexity index is 582. The first-order chi connectivity index (χ1) is 9.45. The first kappa shape index (κ1) is 14.9. The van der Waals surface area contributed by atoms with Crippen LogP contribution >= 0.6 is 0 Å². The smallest absolute Gasteiger partial charge is 0.238 e. The fraction of sp³-hybridized carbons (Fsp3) is 0.417. The number of primary sulfonamides is 1. The number of hydrogen-bond donors (Lipinski definition) is 3. The molecule has 0 spiro atoms. The van der Waals surface area contributed by atoms with Gasteiger partial charge in [-0.15, -0.1) is 0 Å². The topological polar surface area (TPSA) is 111 Å². The summed E-state index contributed by atoms with van der Waals surface area (Å²) in [5.41, 5.74) is 0.394. The Kier molecular flexibility index (Phi) is 4.71. The Balaban J connectivity index is 1.97. The van der Waals surface area contributed by atoms with Crippen molar-refractivity contribution in [2.75, 3.05) is 25.0 Å². The molecule has 1 aliphatic heterocycles. The number of carbonyl (C=O) groups excluding carboxylic acids is 1. The number of morpholine rings is 1. The number of rotatable bonds is 4. The molecule has 0 saturated carbocycles. The van der Waals surface area contributed by atoms with Gasteiger partial charge in [-0.2, -0.15) is 0 Å². The first-order valence-corrected chi connectivity index (χ1v) is 7.75. The molecule has 0 radical (unpaired) electrons.